The number of pyridine rings is 1. The van der Waals surface area contributed by atoms with Crippen LogP contribution in [0.3, 0.4) is 0 Å². The van der Waals surface area contributed by atoms with E-state index in [0.29, 0.717) is 0 Å². The van der Waals surface area contributed by atoms with Crippen LogP contribution in [0, 0.1) is 6.92 Å². The zero-order valence-electron chi connectivity index (χ0n) is 9.12. The van der Waals surface area contributed by atoms with E-state index in [1.54, 1.807) is 12.3 Å². The van der Waals surface area contributed by atoms with E-state index in [-0.39, 0.29) is 0 Å². The van der Waals surface area contributed by atoms with E-state index in [4.69, 9.17) is 0 Å². The first kappa shape index (κ1) is 11.6. The standard InChI is InChI=1S/C13H10F3N/c1-9-12(3-2-8-17-9)10-4-6-11(7-5-10)13(14,15)16/h2-8H,1H3. The van der Waals surface area contributed by atoms with Gasteiger partial charge in [-0.3, -0.25) is 4.98 Å². The lowest BCUT2D eigenvalue weighted by Gasteiger charge is -2.08. The van der Waals surface area contributed by atoms with Crippen LogP contribution in [0.1, 0.15) is 11.3 Å². The molecular formula is C13H10F3N. The van der Waals surface area contributed by atoms with E-state index in [2.05, 4.69) is 4.98 Å². The van der Waals surface area contributed by atoms with Crippen LogP contribution in [-0.2, 0) is 6.18 Å². The van der Waals surface area contributed by atoms with Crippen molar-refractivity contribution in [3.05, 3.63) is 53.9 Å². The fraction of sp³-hybridized carbons (Fsp3) is 0.154. The average Bonchev–Trinajstić information content (AvgIpc) is 2.29. The zero-order valence-corrected chi connectivity index (χ0v) is 9.12. The third-order valence-electron chi connectivity index (χ3n) is 2.53. The molecule has 0 bridgehead atoms. The van der Waals surface area contributed by atoms with Crippen molar-refractivity contribution in [2.24, 2.45) is 0 Å². The van der Waals surface area contributed by atoms with Crippen LogP contribution in [0.25, 0.3) is 11.1 Å². The normalized spacial score (nSPS) is 11.5. The van der Waals surface area contributed by atoms with E-state index < -0.39 is 11.7 Å². The van der Waals surface area contributed by atoms with Crippen molar-refractivity contribution in [1.82, 2.24) is 4.98 Å². The molecule has 1 aromatic heterocycles. The summed E-state index contributed by atoms with van der Waals surface area (Å²) in [5, 5.41) is 0. The smallest absolute Gasteiger partial charge is 0.261 e. The minimum atomic E-state index is -4.29. The van der Waals surface area contributed by atoms with Gasteiger partial charge in [0.1, 0.15) is 0 Å². The Morgan fingerprint density at radius 1 is 1.00 bits per heavy atom. The highest BCUT2D eigenvalue weighted by molar-refractivity contribution is 5.65. The van der Waals surface area contributed by atoms with Gasteiger partial charge >= 0.3 is 6.18 Å². The number of hydrogen-bond donors (Lipinski definition) is 0. The Labute approximate surface area is 96.9 Å². The Morgan fingerprint density at radius 2 is 1.65 bits per heavy atom. The molecule has 0 amide bonds. The summed E-state index contributed by atoms with van der Waals surface area (Å²) in [7, 11) is 0. The van der Waals surface area contributed by atoms with Crippen molar-refractivity contribution in [3.63, 3.8) is 0 Å². The number of aryl methyl sites for hydroxylation is 1. The summed E-state index contributed by atoms with van der Waals surface area (Å²) in [6.07, 6.45) is -2.63. The summed E-state index contributed by atoms with van der Waals surface area (Å²) >= 11 is 0. The van der Waals surface area contributed by atoms with Gasteiger partial charge in [0.2, 0.25) is 0 Å². The molecule has 0 spiro atoms. The third-order valence-corrected chi connectivity index (χ3v) is 2.53. The highest BCUT2D eigenvalue weighted by Crippen LogP contribution is 2.31. The lowest BCUT2D eigenvalue weighted by molar-refractivity contribution is -0.137. The highest BCUT2D eigenvalue weighted by atomic mass is 19.4. The van der Waals surface area contributed by atoms with Crippen LogP contribution in [0.5, 0.6) is 0 Å². The van der Waals surface area contributed by atoms with Gasteiger partial charge in [0.05, 0.1) is 5.56 Å². The minimum absolute atomic E-state index is 0.636. The van der Waals surface area contributed by atoms with E-state index in [1.807, 2.05) is 13.0 Å². The summed E-state index contributed by atoms with van der Waals surface area (Å²) in [6.45, 7) is 1.83. The maximum atomic E-state index is 12.4. The molecule has 0 aliphatic carbocycles. The largest absolute Gasteiger partial charge is 0.416 e. The van der Waals surface area contributed by atoms with Gasteiger partial charge in [-0.15, -0.1) is 0 Å². The monoisotopic (exact) mass is 237 g/mol. The Balaban J connectivity index is 2.40. The molecule has 1 aromatic carbocycles. The summed E-state index contributed by atoms with van der Waals surface area (Å²) < 4.78 is 37.2. The van der Waals surface area contributed by atoms with Gasteiger partial charge in [0.15, 0.2) is 0 Å². The first-order valence-electron chi connectivity index (χ1n) is 5.08. The fourth-order valence-electron chi connectivity index (χ4n) is 1.63. The number of aromatic nitrogens is 1. The molecule has 4 heteroatoms. The molecule has 0 unspecified atom stereocenters. The molecule has 1 heterocycles. The summed E-state index contributed by atoms with van der Waals surface area (Å²) in [5.74, 6) is 0. The lowest BCUT2D eigenvalue weighted by Crippen LogP contribution is -2.04. The predicted octanol–water partition coefficient (Wildman–Crippen LogP) is 4.08. The summed E-state index contributed by atoms with van der Waals surface area (Å²) in [6, 6.07) is 8.70. The molecule has 0 saturated carbocycles. The summed E-state index contributed by atoms with van der Waals surface area (Å²) in [5.41, 5.74) is 1.75. The average molecular weight is 237 g/mol. The topological polar surface area (TPSA) is 12.9 Å². The molecule has 0 radical (unpaired) electrons. The zero-order chi connectivity index (χ0) is 12.5. The molecule has 17 heavy (non-hydrogen) atoms. The van der Waals surface area contributed by atoms with E-state index in [9.17, 15) is 13.2 Å². The molecule has 88 valence electrons. The first-order chi connectivity index (χ1) is 7.98. The van der Waals surface area contributed by atoms with E-state index in [0.717, 1.165) is 29.0 Å². The number of benzene rings is 1. The Hall–Kier alpha value is -1.84. The molecule has 0 saturated heterocycles. The number of hydrogen-bond acceptors (Lipinski definition) is 1. The maximum absolute atomic E-state index is 12.4. The molecular weight excluding hydrogens is 227 g/mol. The maximum Gasteiger partial charge on any atom is 0.416 e. The Kier molecular flexibility index (Phi) is 2.88. The van der Waals surface area contributed by atoms with Crippen LogP contribution in [0.2, 0.25) is 0 Å². The second-order valence-electron chi connectivity index (χ2n) is 3.71. The second-order valence-corrected chi connectivity index (χ2v) is 3.71. The fourth-order valence-corrected chi connectivity index (χ4v) is 1.63. The van der Waals surface area contributed by atoms with Crippen molar-refractivity contribution >= 4 is 0 Å². The van der Waals surface area contributed by atoms with Crippen molar-refractivity contribution < 1.29 is 13.2 Å². The molecule has 2 rings (SSSR count). The predicted molar refractivity (Wildman–Crippen MR) is 59.4 cm³/mol. The molecule has 0 N–H and O–H groups in total. The first-order valence-corrected chi connectivity index (χ1v) is 5.08. The molecule has 0 atom stereocenters. The van der Waals surface area contributed by atoms with Gasteiger partial charge in [-0.25, -0.2) is 0 Å². The van der Waals surface area contributed by atoms with Crippen LogP contribution >= 0.6 is 0 Å². The number of rotatable bonds is 1. The van der Waals surface area contributed by atoms with Crippen molar-refractivity contribution in [3.8, 4) is 11.1 Å². The molecule has 2 aromatic rings. The molecule has 0 fully saturated rings. The SMILES string of the molecule is Cc1ncccc1-c1ccc(C(F)(F)F)cc1. The van der Waals surface area contributed by atoms with Crippen LogP contribution < -0.4 is 0 Å². The minimum Gasteiger partial charge on any atom is -0.261 e. The highest BCUT2D eigenvalue weighted by Gasteiger charge is 2.29. The van der Waals surface area contributed by atoms with Gasteiger partial charge in [-0.2, -0.15) is 13.2 Å². The quantitative estimate of drug-likeness (QED) is 0.728. The number of halogens is 3. The van der Waals surface area contributed by atoms with Crippen LogP contribution in [0.15, 0.2) is 42.6 Å². The second kappa shape index (κ2) is 4.20. The lowest BCUT2D eigenvalue weighted by atomic mass is 10.0. The van der Waals surface area contributed by atoms with Crippen molar-refractivity contribution in [2.75, 3.05) is 0 Å². The van der Waals surface area contributed by atoms with Crippen LogP contribution in [-0.4, -0.2) is 4.98 Å². The summed E-state index contributed by atoms with van der Waals surface area (Å²) in [4.78, 5) is 4.10. The molecule has 0 aliphatic rings. The molecule has 0 aliphatic heterocycles. The van der Waals surface area contributed by atoms with Crippen molar-refractivity contribution in [2.45, 2.75) is 13.1 Å². The van der Waals surface area contributed by atoms with Crippen molar-refractivity contribution in [1.29, 1.82) is 0 Å². The van der Waals surface area contributed by atoms with E-state index >= 15 is 0 Å². The number of alkyl halides is 3. The van der Waals surface area contributed by atoms with Gasteiger partial charge in [-0.1, -0.05) is 18.2 Å². The van der Waals surface area contributed by atoms with Crippen LogP contribution in [0.4, 0.5) is 13.2 Å². The van der Waals surface area contributed by atoms with Gasteiger partial charge in [0, 0.05) is 17.5 Å². The Morgan fingerprint density at radius 3 is 2.18 bits per heavy atom. The Bertz CT molecular complexity index is 515. The van der Waals surface area contributed by atoms with Gasteiger partial charge < -0.3 is 0 Å². The third kappa shape index (κ3) is 2.46. The van der Waals surface area contributed by atoms with E-state index in [1.165, 1.54) is 12.1 Å². The molecule has 1 nitrogen and oxygen atoms in total. The van der Waals surface area contributed by atoms with Gasteiger partial charge in [-0.05, 0) is 30.7 Å². The number of nitrogens with zero attached hydrogens (tertiary/aromatic N) is 1. The van der Waals surface area contributed by atoms with Gasteiger partial charge in [0.25, 0.3) is 0 Å².